The fourth-order valence-electron chi connectivity index (χ4n) is 1.62. The lowest BCUT2D eigenvalue weighted by Crippen LogP contribution is -2.45. The van der Waals surface area contributed by atoms with Crippen LogP contribution < -0.4 is 15.8 Å². The van der Waals surface area contributed by atoms with Crippen LogP contribution in [0, 0.1) is 12.3 Å². The maximum Gasteiger partial charge on any atom is 0.241 e. The molecule has 0 radical (unpaired) electrons. The predicted octanol–water partition coefficient (Wildman–Crippen LogP) is 1.22. The summed E-state index contributed by atoms with van der Waals surface area (Å²) in [4.78, 5) is 12.2. The van der Waals surface area contributed by atoms with Gasteiger partial charge in [-0.2, -0.15) is 0 Å². The van der Waals surface area contributed by atoms with E-state index in [-0.39, 0.29) is 16.2 Å². The zero-order valence-electron chi connectivity index (χ0n) is 13.0. The van der Waals surface area contributed by atoms with Crippen molar-refractivity contribution in [2.24, 2.45) is 11.1 Å². The van der Waals surface area contributed by atoms with Crippen LogP contribution in [-0.4, -0.2) is 27.4 Å². The van der Waals surface area contributed by atoms with E-state index in [2.05, 4.69) is 10.0 Å². The summed E-state index contributed by atoms with van der Waals surface area (Å²) in [5, 5.41) is 2.70. The average molecular weight is 313 g/mol. The van der Waals surface area contributed by atoms with Gasteiger partial charge in [-0.15, -0.1) is 0 Å². The van der Waals surface area contributed by atoms with Crippen molar-refractivity contribution in [1.29, 1.82) is 0 Å². The lowest BCUT2D eigenvalue weighted by molar-refractivity contribution is -0.119. The van der Waals surface area contributed by atoms with Gasteiger partial charge in [0.25, 0.3) is 0 Å². The summed E-state index contributed by atoms with van der Waals surface area (Å²) < 4.78 is 25.8. The first-order valence-electron chi connectivity index (χ1n) is 6.59. The molecular formula is C14H23N3O3S. The summed E-state index contributed by atoms with van der Waals surface area (Å²) in [6.45, 7) is 7.39. The summed E-state index contributed by atoms with van der Waals surface area (Å²) in [7, 11) is -2.22. The summed E-state index contributed by atoms with van der Waals surface area (Å²) >= 11 is 0. The van der Waals surface area contributed by atoms with Gasteiger partial charge in [0.1, 0.15) is 0 Å². The molecule has 0 aromatic heterocycles. The Morgan fingerprint density at radius 3 is 2.33 bits per heavy atom. The molecule has 1 amide bonds. The van der Waals surface area contributed by atoms with Crippen LogP contribution in [0.15, 0.2) is 23.1 Å². The molecule has 1 aromatic rings. The number of anilines is 1. The Morgan fingerprint density at radius 2 is 1.86 bits per heavy atom. The SMILES string of the molecule is CNS(=O)(=O)c1ccc(C)c(NC(=O)[C@@H](N)C(C)(C)C)c1. The third-order valence-electron chi connectivity index (χ3n) is 3.26. The van der Waals surface area contributed by atoms with Crippen molar-refractivity contribution in [3.63, 3.8) is 0 Å². The number of sulfonamides is 1. The highest BCUT2D eigenvalue weighted by atomic mass is 32.2. The van der Waals surface area contributed by atoms with Gasteiger partial charge in [0, 0.05) is 5.69 Å². The Hall–Kier alpha value is -1.44. The van der Waals surface area contributed by atoms with Gasteiger partial charge >= 0.3 is 0 Å². The van der Waals surface area contributed by atoms with E-state index in [0.29, 0.717) is 5.69 Å². The molecule has 0 saturated heterocycles. The number of hydrogen-bond donors (Lipinski definition) is 3. The Labute approximate surface area is 126 Å². The Kier molecular flexibility index (Phi) is 5.14. The fraction of sp³-hybridized carbons (Fsp3) is 0.500. The first-order chi connectivity index (χ1) is 9.49. The van der Waals surface area contributed by atoms with Crippen LogP contribution >= 0.6 is 0 Å². The van der Waals surface area contributed by atoms with E-state index < -0.39 is 16.1 Å². The molecule has 118 valence electrons. The molecular weight excluding hydrogens is 290 g/mol. The van der Waals surface area contributed by atoms with Crippen molar-refractivity contribution < 1.29 is 13.2 Å². The Bertz CT molecular complexity index is 633. The fourth-order valence-corrected chi connectivity index (χ4v) is 2.38. The first-order valence-corrected chi connectivity index (χ1v) is 8.08. The highest BCUT2D eigenvalue weighted by Crippen LogP contribution is 2.23. The van der Waals surface area contributed by atoms with Gasteiger partial charge in [-0.1, -0.05) is 26.8 Å². The molecule has 4 N–H and O–H groups in total. The van der Waals surface area contributed by atoms with E-state index in [1.807, 2.05) is 20.8 Å². The van der Waals surface area contributed by atoms with Crippen LogP contribution in [-0.2, 0) is 14.8 Å². The normalized spacial score (nSPS) is 13.8. The topological polar surface area (TPSA) is 101 Å². The maximum atomic E-state index is 12.1. The van der Waals surface area contributed by atoms with E-state index in [9.17, 15) is 13.2 Å². The largest absolute Gasteiger partial charge is 0.324 e. The number of rotatable bonds is 4. The van der Waals surface area contributed by atoms with Crippen molar-refractivity contribution in [1.82, 2.24) is 4.72 Å². The number of nitrogens with two attached hydrogens (primary N) is 1. The van der Waals surface area contributed by atoms with Crippen molar-refractivity contribution in [2.75, 3.05) is 12.4 Å². The molecule has 1 atom stereocenters. The van der Waals surface area contributed by atoms with Gasteiger partial charge in [0.15, 0.2) is 0 Å². The quantitative estimate of drug-likeness (QED) is 0.777. The van der Waals surface area contributed by atoms with Crippen molar-refractivity contribution in [2.45, 2.75) is 38.6 Å². The van der Waals surface area contributed by atoms with Gasteiger partial charge in [0.2, 0.25) is 15.9 Å². The van der Waals surface area contributed by atoms with Crippen LogP contribution in [0.4, 0.5) is 5.69 Å². The molecule has 1 rings (SSSR count). The molecule has 0 aliphatic carbocycles. The van der Waals surface area contributed by atoms with Crippen LogP contribution in [0.25, 0.3) is 0 Å². The minimum Gasteiger partial charge on any atom is -0.324 e. The molecule has 0 fully saturated rings. The molecule has 0 aliphatic heterocycles. The molecule has 0 unspecified atom stereocenters. The number of aryl methyl sites for hydroxylation is 1. The molecule has 7 heteroatoms. The number of carbonyl (C=O) groups excluding carboxylic acids is 1. The average Bonchev–Trinajstić information content (AvgIpc) is 2.39. The number of carbonyl (C=O) groups is 1. The molecule has 0 bridgehead atoms. The highest BCUT2D eigenvalue weighted by Gasteiger charge is 2.28. The molecule has 21 heavy (non-hydrogen) atoms. The molecule has 0 saturated carbocycles. The lowest BCUT2D eigenvalue weighted by atomic mass is 9.87. The minimum absolute atomic E-state index is 0.0928. The molecule has 0 aliphatic rings. The second kappa shape index (κ2) is 6.13. The minimum atomic E-state index is -3.55. The number of amides is 1. The molecule has 1 aromatic carbocycles. The van der Waals surface area contributed by atoms with Crippen LogP contribution in [0.2, 0.25) is 0 Å². The Morgan fingerprint density at radius 1 is 1.29 bits per heavy atom. The second-order valence-electron chi connectivity index (χ2n) is 6.02. The smallest absolute Gasteiger partial charge is 0.241 e. The van der Waals surface area contributed by atoms with Crippen molar-refractivity contribution in [3.05, 3.63) is 23.8 Å². The van der Waals surface area contributed by atoms with E-state index in [1.165, 1.54) is 19.2 Å². The third kappa shape index (κ3) is 4.26. The maximum absolute atomic E-state index is 12.1. The standard InChI is InChI=1S/C14H23N3O3S/c1-9-6-7-10(21(19,20)16-5)8-11(9)17-13(18)12(15)14(2,3)4/h6-8,12,16H,15H2,1-5H3,(H,17,18)/t12-/m1/s1. The highest BCUT2D eigenvalue weighted by molar-refractivity contribution is 7.89. The van der Waals surface area contributed by atoms with Gasteiger partial charge in [-0.05, 0) is 37.1 Å². The summed E-state index contributed by atoms with van der Waals surface area (Å²) in [5.41, 5.74) is 6.72. The molecule has 0 heterocycles. The summed E-state index contributed by atoms with van der Waals surface area (Å²) in [6.07, 6.45) is 0. The van der Waals surface area contributed by atoms with E-state index in [4.69, 9.17) is 5.73 Å². The molecule has 0 spiro atoms. The Balaban J connectivity index is 3.10. The number of nitrogens with one attached hydrogen (secondary N) is 2. The monoisotopic (exact) mass is 313 g/mol. The van der Waals surface area contributed by atoms with Crippen molar-refractivity contribution >= 4 is 21.6 Å². The third-order valence-corrected chi connectivity index (χ3v) is 4.67. The van der Waals surface area contributed by atoms with E-state index >= 15 is 0 Å². The van der Waals surface area contributed by atoms with Gasteiger partial charge in [-0.25, -0.2) is 13.1 Å². The van der Waals surface area contributed by atoms with Gasteiger partial charge < -0.3 is 11.1 Å². The summed E-state index contributed by atoms with van der Waals surface area (Å²) in [6, 6.07) is 3.86. The zero-order valence-corrected chi connectivity index (χ0v) is 13.8. The van der Waals surface area contributed by atoms with Crippen LogP contribution in [0.5, 0.6) is 0 Å². The second-order valence-corrected chi connectivity index (χ2v) is 7.90. The molecule has 6 nitrogen and oxygen atoms in total. The van der Waals surface area contributed by atoms with E-state index in [0.717, 1.165) is 5.56 Å². The van der Waals surface area contributed by atoms with Crippen LogP contribution in [0.1, 0.15) is 26.3 Å². The van der Waals surface area contributed by atoms with Crippen molar-refractivity contribution in [3.8, 4) is 0 Å². The zero-order chi connectivity index (χ0) is 16.4. The predicted molar refractivity (Wildman–Crippen MR) is 83.5 cm³/mol. The van der Waals surface area contributed by atoms with Gasteiger partial charge in [0.05, 0.1) is 10.9 Å². The number of benzene rings is 1. The lowest BCUT2D eigenvalue weighted by Gasteiger charge is -2.26. The van der Waals surface area contributed by atoms with Crippen LogP contribution in [0.3, 0.4) is 0 Å². The van der Waals surface area contributed by atoms with E-state index in [1.54, 1.807) is 13.0 Å². The summed E-state index contributed by atoms with van der Waals surface area (Å²) in [5.74, 6) is -0.343. The van der Waals surface area contributed by atoms with Gasteiger partial charge in [-0.3, -0.25) is 4.79 Å². The first kappa shape index (κ1) is 17.6. The number of hydrogen-bond acceptors (Lipinski definition) is 4.